The van der Waals surface area contributed by atoms with Crippen molar-refractivity contribution in [1.29, 1.82) is 0 Å². The van der Waals surface area contributed by atoms with Gasteiger partial charge in [0.05, 0.1) is 22.1 Å². The second-order valence-corrected chi connectivity index (χ2v) is 8.93. The van der Waals surface area contributed by atoms with Crippen LogP contribution in [-0.2, 0) is 0 Å². The van der Waals surface area contributed by atoms with Gasteiger partial charge in [0.2, 0.25) is 0 Å². The summed E-state index contributed by atoms with van der Waals surface area (Å²) < 4.78 is 2.30. The second kappa shape index (κ2) is 9.72. The fraction of sp³-hybridized carbons (Fsp3) is 0.0333. The van der Waals surface area contributed by atoms with Gasteiger partial charge in [-0.1, -0.05) is 102 Å². The predicted molar refractivity (Wildman–Crippen MR) is 145 cm³/mol. The number of halogens is 2. The number of rotatable bonds is 5. The van der Waals surface area contributed by atoms with E-state index in [0.717, 1.165) is 33.8 Å². The average Bonchev–Trinajstić information content (AvgIpc) is 3.24. The number of aliphatic imine (C=N–C) groups is 1. The van der Waals surface area contributed by atoms with Gasteiger partial charge < -0.3 is 4.57 Å². The van der Waals surface area contributed by atoms with E-state index in [1.165, 1.54) is 5.56 Å². The zero-order chi connectivity index (χ0) is 23.5. The summed E-state index contributed by atoms with van der Waals surface area (Å²) in [6.45, 7) is 2.10. The largest absolute Gasteiger partial charge is 0.309 e. The molecule has 0 N–H and O–H groups in total. The Labute approximate surface area is 209 Å². The van der Waals surface area contributed by atoms with Crippen LogP contribution in [0, 0.1) is 6.92 Å². The highest BCUT2D eigenvalue weighted by atomic mass is 35.5. The van der Waals surface area contributed by atoms with Crippen molar-refractivity contribution in [2.75, 3.05) is 0 Å². The predicted octanol–water partition coefficient (Wildman–Crippen LogP) is 9.18. The minimum absolute atomic E-state index is 0.520. The van der Waals surface area contributed by atoms with Crippen molar-refractivity contribution in [3.8, 4) is 28.2 Å². The third-order valence-electron chi connectivity index (χ3n) is 5.69. The van der Waals surface area contributed by atoms with E-state index in [1.54, 1.807) is 12.1 Å². The molecular weight excluding hydrogens is 459 g/mol. The van der Waals surface area contributed by atoms with E-state index in [0.29, 0.717) is 15.7 Å². The number of aryl methyl sites for hydroxylation is 1. The molecule has 0 fully saturated rings. The molecule has 34 heavy (non-hydrogen) atoms. The van der Waals surface area contributed by atoms with Crippen molar-refractivity contribution < 1.29 is 0 Å². The minimum atomic E-state index is 0.520. The maximum absolute atomic E-state index is 6.39. The maximum Gasteiger partial charge on any atom is 0.0817 e. The summed E-state index contributed by atoms with van der Waals surface area (Å²) in [5.41, 5.74) is 8.37. The zero-order valence-electron chi connectivity index (χ0n) is 18.6. The number of benzene rings is 4. The molecule has 0 bridgehead atoms. The maximum atomic E-state index is 6.39. The van der Waals surface area contributed by atoms with Gasteiger partial charge in [0.1, 0.15) is 0 Å². The summed E-state index contributed by atoms with van der Waals surface area (Å²) in [7, 11) is 0. The average molecular weight is 481 g/mol. The van der Waals surface area contributed by atoms with Crippen LogP contribution in [0.3, 0.4) is 0 Å². The van der Waals surface area contributed by atoms with Crippen molar-refractivity contribution in [1.82, 2.24) is 4.57 Å². The van der Waals surface area contributed by atoms with Crippen molar-refractivity contribution in [2.45, 2.75) is 6.92 Å². The molecule has 0 unspecified atom stereocenters. The Kier molecular flexibility index (Phi) is 6.35. The first kappa shape index (κ1) is 22.2. The van der Waals surface area contributed by atoms with Gasteiger partial charge in [0, 0.05) is 22.5 Å². The van der Waals surface area contributed by atoms with Gasteiger partial charge in [0.15, 0.2) is 0 Å². The van der Waals surface area contributed by atoms with Crippen molar-refractivity contribution in [3.05, 3.63) is 130 Å². The summed E-state index contributed by atoms with van der Waals surface area (Å²) >= 11 is 12.5. The fourth-order valence-corrected chi connectivity index (χ4v) is 4.49. The highest BCUT2D eigenvalue weighted by Gasteiger charge is 2.18. The lowest BCUT2D eigenvalue weighted by molar-refractivity contribution is 1.09. The van der Waals surface area contributed by atoms with Gasteiger partial charge >= 0.3 is 0 Å². The molecule has 0 amide bonds. The van der Waals surface area contributed by atoms with Crippen LogP contribution in [0.2, 0.25) is 10.0 Å². The third-order valence-corrected chi connectivity index (χ3v) is 6.23. The summed E-state index contributed by atoms with van der Waals surface area (Å²) in [4.78, 5) is 4.73. The molecule has 0 aliphatic heterocycles. The summed E-state index contributed by atoms with van der Waals surface area (Å²) in [5, 5.41) is 1.11. The molecule has 0 radical (unpaired) electrons. The quantitative estimate of drug-likeness (QED) is 0.223. The van der Waals surface area contributed by atoms with Crippen LogP contribution in [0.1, 0.15) is 11.1 Å². The normalized spacial score (nSPS) is 11.3. The van der Waals surface area contributed by atoms with E-state index in [2.05, 4.69) is 90.4 Å². The first-order chi connectivity index (χ1) is 16.6. The molecule has 5 aromatic rings. The van der Waals surface area contributed by atoms with E-state index < -0.39 is 0 Å². The topological polar surface area (TPSA) is 17.3 Å². The first-order valence-corrected chi connectivity index (χ1v) is 11.8. The van der Waals surface area contributed by atoms with Gasteiger partial charge in [-0.3, -0.25) is 4.99 Å². The molecule has 5 rings (SSSR count). The summed E-state index contributed by atoms with van der Waals surface area (Å²) in [5.74, 6) is 0. The summed E-state index contributed by atoms with van der Waals surface area (Å²) in [6.07, 6.45) is 1.88. The van der Waals surface area contributed by atoms with Crippen molar-refractivity contribution in [3.63, 3.8) is 0 Å². The molecule has 1 aromatic heterocycles. The molecular formula is C30H22Cl2N2. The smallest absolute Gasteiger partial charge is 0.0817 e. The van der Waals surface area contributed by atoms with Crippen molar-refractivity contribution >= 4 is 35.1 Å². The van der Waals surface area contributed by atoms with Crippen LogP contribution in [-0.4, -0.2) is 10.8 Å². The molecule has 0 atom stereocenters. The van der Waals surface area contributed by atoms with E-state index >= 15 is 0 Å². The van der Waals surface area contributed by atoms with Gasteiger partial charge in [0.25, 0.3) is 0 Å². The Hall–Kier alpha value is -3.59. The third kappa shape index (κ3) is 4.56. The van der Waals surface area contributed by atoms with Gasteiger partial charge in [-0.15, -0.1) is 0 Å². The standard InChI is InChI=1S/C30H22Cl2N2/c1-21-12-15-26(16-13-21)34-29(22-8-4-2-5-9-22)18-24(30(34)23-10-6-3-7-11-23)20-33-28-17-14-25(31)19-27(28)32/h2-20H,1H3. The van der Waals surface area contributed by atoms with E-state index in [1.807, 2.05) is 24.4 Å². The van der Waals surface area contributed by atoms with Crippen LogP contribution in [0.25, 0.3) is 28.2 Å². The molecule has 0 saturated carbocycles. The Morgan fingerprint density at radius 1 is 0.706 bits per heavy atom. The second-order valence-electron chi connectivity index (χ2n) is 8.09. The lowest BCUT2D eigenvalue weighted by atomic mass is 10.1. The molecule has 2 nitrogen and oxygen atoms in total. The van der Waals surface area contributed by atoms with Gasteiger partial charge in [-0.25, -0.2) is 0 Å². The summed E-state index contributed by atoms with van der Waals surface area (Å²) in [6, 6.07) is 36.9. The molecule has 0 spiro atoms. The van der Waals surface area contributed by atoms with Gasteiger partial charge in [-0.05, 0) is 54.4 Å². The minimum Gasteiger partial charge on any atom is -0.309 e. The molecule has 0 aliphatic rings. The van der Waals surface area contributed by atoms with E-state index in [-0.39, 0.29) is 0 Å². The Bertz CT molecular complexity index is 1450. The van der Waals surface area contributed by atoms with Crippen molar-refractivity contribution in [2.24, 2.45) is 4.99 Å². The van der Waals surface area contributed by atoms with Crippen LogP contribution in [0.4, 0.5) is 5.69 Å². The van der Waals surface area contributed by atoms with E-state index in [4.69, 9.17) is 28.2 Å². The number of hydrogen-bond acceptors (Lipinski definition) is 1. The zero-order valence-corrected chi connectivity index (χ0v) is 20.1. The molecule has 0 aliphatic carbocycles. The number of hydrogen-bond donors (Lipinski definition) is 0. The van der Waals surface area contributed by atoms with E-state index in [9.17, 15) is 0 Å². The van der Waals surface area contributed by atoms with Crippen LogP contribution in [0.15, 0.2) is 114 Å². The molecule has 0 saturated heterocycles. The first-order valence-electron chi connectivity index (χ1n) is 11.0. The molecule has 166 valence electrons. The number of aromatic nitrogens is 1. The fourth-order valence-electron chi connectivity index (χ4n) is 4.03. The Morgan fingerprint density at radius 3 is 2.00 bits per heavy atom. The number of nitrogens with zero attached hydrogens (tertiary/aromatic N) is 2. The molecule has 1 heterocycles. The van der Waals surface area contributed by atoms with Gasteiger partial charge in [-0.2, -0.15) is 0 Å². The van der Waals surface area contributed by atoms with Crippen LogP contribution < -0.4 is 0 Å². The SMILES string of the molecule is Cc1ccc(-n2c(-c3ccccc3)cc(C=Nc3ccc(Cl)cc3Cl)c2-c2ccccc2)cc1. The lowest BCUT2D eigenvalue weighted by Crippen LogP contribution is -2.00. The Morgan fingerprint density at radius 2 is 1.35 bits per heavy atom. The highest BCUT2D eigenvalue weighted by Crippen LogP contribution is 2.36. The highest BCUT2D eigenvalue weighted by molar-refractivity contribution is 6.36. The lowest BCUT2D eigenvalue weighted by Gasteiger charge is -2.15. The molecule has 4 heteroatoms. The molecule has 4 aromatic carbocycles. The van der Waals surface area contributed by atoms with Crippen LogP contribution in [0.5, 0.6) is 0 Å². The van der Waals surface area contributed by atoms with Crippen LogP contribution >= 0.6 is 23.2 Å². The monoisotopic (exact) mass is 480 g/mol. The Balaban J connectivity index is 1.77.